The van der Waals surface area contributed by atoms with Crippen LogP contribution in [0.4, 0.5) is 0 Å². The van der Waals surface area contributed by atoms with E-state index < -0.39 is 0 Å². The van der Waals surface area contributed by atoms with Gasteiger partial charge in [-0.15, -0.1) is 11.3 Å². The zero-order chi connectivity index (χ0) is 14.3. The van der Waals surface area contributed by atoms with Crippen molar-refractivity contribution < 1.29 is 0 Å². The summed E-state index contributed by atoms with van der Waals surface area (Å²) in [5.41, 5.74) is 1.30. The van der Waals surface area contributed by atoms with E-state index in [9.17, 15) is 9.59 Å². The minimum Gasteiger partial charge on any atom is -0.295 e. The van der Waals surface area contributed by atoms with Crippen LogP contribution < -0.4 is 11.2 Å². The Kier molecular flexibility index (Phi) is 3.06. The van der Waals surface area contributed by atoms with E-state index in [0.717, 1.165) is 10.4 Å². The van der Waals surface area contributed by atoms with Crippen LogP contribution in [-0.4, -0.2) is 9.13 Å². The second-order valence-corrected chi connectivity index (χ2v) is 5.63. The highest BCUT2D eigenvalue weighted by Crippen LogP contribution is 2.30. The molecule has 0 aliphatic heterocycles. The molecule has 0 fully saturated rings. The highest BCUT2D eigenvalue weighted by Gasteiger charge is 2.14. The van der Waals surface area contributed by atoms with Crippen LogP contribution in [0.3, 0.4) is 0 Å². The normalized spacial score (nSPS) is 11.1. The van der Waals surface area contributed by atoms with Crippen molar-refractivity contribution in [1.29, 1.82) is 0 Å². The highest BCUT2D eigenvalue weighted by atomic mass is 32.1. The molecule has 20 heavy (non-hydrogen) atoms. The fourth-order valence-corrected chi connectivity index (χ4v) is 3.44. The summed E-state index contributed by atoms with van der Waals surface area (Å²) in [6, 6.07) is 11.8. The van der Waals surface area contributed by atoms with E-state index in [1.807, 2.05) is 36.4 Å². The van der Waals surface area contributed by atoms with Crippen LogP contribution in [0.2, 0.25) is 0 Å². The molecule has 0 amide bonds. The first-order chi connectivity index (χ1) is 9.63. The molecular weight excluding hydrogens is 272 g/mol. The fourth-order valence-electron chi connectivity index (χ4n) is 2.30. The third-order valence-electron chi connectivity index (χ3n) is 3.41. The predicted molar refractivity (Wildman–Crippen MR) is 82.4 cm³/mol. The van der Waals surface area contributed by atoms with Crippen molar-refractivity contribution >= 4 is 21.6 Å². The van der Waals surface area contributed by atoms with E-state index in [0.29, 0.717) is 16.8 Å². The van der Waals surface area contributed by atoms with Crippen molar-refractivity contribution in [2.45, 2.75) is 13.5 Å². The van der Waals surface area contributed by atoms with Crippen LogP contribution in [0.1, 0.15) is 6.92 Å². The van der Waals surface area contributed by atoms with Gasteiger partial charge in [-0.25, -0.2) is 4.79 Å². The average Bonchev–Trinajstić information content (AvgIpc) is 2.92. The summed E-state index contributed by atoms with van der Waals surface area (Å²) in [7, 11) is 1.71. The number of hydrogen-bond donors (Lipinski definition) is 0. The van der Waals surface area contributed by atoms with Crippen molar-refractivity contribution in [3.63, 3.8) is 0 Å². The number of nitrogens with zero attached hydrogens (tertiary/aromatic N) is 2. The van der Waals surface area contributed by atoms with Gasteiger partial charge in [-0.2, -0.15) is 0 Å². The van der Waals surface area contributed by atoms with E-state index in [1.54, 1.807) is 18.5 Å². The SMILES string of the molecule is CCn1c(=O)c2sc(-c3ccccc3)cc2n(C)c1=O. The molecule has 0 spiro atoms. The Bertz CT molecular complexity index is 888. The first kappa shape index (κ1) is 12.9. The average molecular weight is 286 g/mol. The standard InChI is InChI=1S/C15H14N2O2S/c1-3-17-14(18)13-11(16(2)15(17)19)9-12(20-13)10-7-5-4-6-8-10/h4-9H,3H2,1-2H3. The maximum Gasteiger partial charge on any atom is 0.331 e. The number of hydrogen-bond acceptors (Lipinski definition) is 3. The van der Waals surface area contributed by atoms with Crippen molar-refractivity contribution in [3.05, 3.63) is 57.2 Å². The second-order valence-electron chi connectivity index (χ2n) is 4.58. The highest BCUT2D eigenvalue weighted by molar-refractivity contribution is 7.22. The van der Waals surface area contributed by atoms with Gasteiger partial charge in [0.2, 0.25) is 0 Å². The lowest BCUT2D eigenvalue weighted by atomic mass is 10.2. The van der Waals surface area contributed by atoms with Crippen LogP contribution in [-0.2, 0) is 13.6 Å². The number of fused-ring (bicyclic) bond motifs is 1. The topological polar surface area (TPSA) is 44.0 Å². The summed E-state index contributed by atoms with van der Waals surface area (Å²) in [5, 5.41) is 0. The van der Waals surface area contributed by atoms with Gasteiger partial charge in [-0.05, 0) is 18.6 Å². The first-order valence-corrected chi connectivity index (χ1v) is 7.24. The molecule has 2 heterocycles. The summed E-state index contributed by atoms with van der Waals surface area (Å²) in [4.78, 5) is 25.4. The summed E-state index contributed by atoms with van der Waals surface area (Å²) < 4.78 is 3.45. The monoisotopic (exact) mass is 286 g/mol. The molecule has 1 aromatic carbocycles. The smallest absolute Gasteiger partial charge is 0.295 e. The molecule has 0 bridgehead atoms. The van der Waals surface area contributed by atoms with E-state index >= 15 is 0 Å². The molecule has 0 N–H and O–H groups in total. The molecule has 3 rings (SSSR count). The van der Waals surface area contributed by atoms with Crippen molar-refractivity contribution in [2.24, 2.45) is 7.05 Å². The van der Waals surface area contributed by atoms with Crippen LogP contribution >= 0.6 is 11.3 Å². The Hall–Kier alpha value is -2.14. The zero-order valence-electron chi connectivity index (χ0n) is 11.3. The molecule has 0 atom stereocenters. The molecule has 0 radical (unpaired) electrons. The summed E-state index contributed by atoms with van der Waals surface area (Å²) >= 11 is 1.44. The number of benzene rings is 1. The Balaban J connectivity index is 2.38. The lowest BCUT2D eigenvalue weighted by molar-refractivity contribution is 0.642. The van der Waals surface area contributed by atoms with E-state index in [1.165, 1.54) is 15.9 Å². The van der Waals surface area contributed by atoms with Gasteiger partial charge in [0.25, 0.3) is 5.56 Å². The lowest BCUT2D eigenvalue weighted by Crippen LogP contribution is -2.37. The number of aryl methyl sites for hydroxylation is 1. The minimum absolute atomic E-state index is 0.196. The van der Waals surface area contributed by atoms with E-state index in [2.05, 4.69) is 0 Å². The maximum atomic E-state index is 12.3. The van der Waals surface area contributed by atoms with Crippen molar-refractivity contribution in [1.82, 2.24) is 9.13 Å². The minimum atomic E-state index is -0.262. The Morgan fingerprint density at radius 2 is 1.85 bits per heavy atom. The Morgan fingerprint density at radius 1 is 1.15 bits per heavy atom. The van der Waals surface area contributed by atoms with Crippen LogP contribution in [0.5, 0.6) is 0 Å². The third kappa shape index (κ3) is 1.82. The molecular formula is C15H14N2O2S. The van der Waals surface area contributed by atoms with Crippen molar-refractivity contribution in [3.8, 4) is 10.4 Å². The molecule has 5 heteroatoms. The second kappa shape index (κ2) is 4.76. The van der Waals surface area contributed by atoms with Crippen LogP contribution in [0.25, 0.3) is 20.7 Å². The predicted octanol–water partition coefficient (Wildman–Crippen LogP) is 2.45. The number of rotatable bonds is 2. The molecule has 0 saturated carbocycles. The molecule has 0 saturated heterocycles. The van der Waals surface area contributed by atoms with Gasteiger partial charge < -0.3 is 0 Å². The molecule has 3 aromatic rings. The number of aromatic nitrogens is 2. The van der Waals surface area contributed by atoms with Crippen molar-refractivity contribution in [2.75, 3.05) is 0 Å². The third-order valence-corrected chi connectivity index (χ3v) is 4.57. The molecule has 4 nitrogen and oxygen atoms in total. The van der Waals surface area contributed by atoms with Crippen LogP contribution in [0, 0.1) is 0 Å². The lowest BCUT2D eigenvalue weighted by Gasteiger charge is -2.04. The van der Waals surface area contributed by atoms with E-state index in [4.69, 9.17) is 0 Å². The molecule has 2 aromatic heterocycles. The van der Waals surface area contributed by atoms with Crippen LogP contribution in [0.15, 0.2) is 46.0 Å². The summed E-state index contributed by atoms with van der Waals surface area (Å²) in [6.45, 7) is 2.19. The number of thiophene rings is 1. The largest absolute Gasteiger partial charge is 0.331 e. The molecule has 0 unspecified atom stereocenters. The van der Waals surface area contributed by atoms with E-state index in [-0.39, 0.29) is 11.2 Å². The van der Waals surface area contributed by atoms with Gasteiger partial charge in [0.15, 0.2) is 0 Å². The van der Waals surface area contributed by atoms with Gasteiger partial charge in [0.05, 0.1) is 5.52 Å². The summed E-state index contributed by atoms with van der Waals surface area (Å²) in [5.74, 6) is 0. The molecule has 0 aliphatic rings. The Morgan fingerprint density at radius 3 is 2.50 bits per heavy atom. The molecule has 0 aliphatic carbocycles. The maximum absolute atomic E-state index is 12.3. The first-order valence-electron chi connectivity index (χ1n) is 6.42. The van der Waals surface area contributed by atoms with Gasteiger partial charge in [0, 0.05) is 18.5 Å². The molecule has 102 valence electrons. The fraction of sp³-hybridized carbons (Fsp3) is 0.200. The zero-order valence-corrected chi connectivity index (χ0v) is 12.1. The quantitative estimate of drug-likeness (QED) is 0.726. The van der Waals surface area contributed by atoms with Gasteiger partial charge >= 0.3 is 5.69 Å². The summed E-state index contributed by atoms with van der Waals surface area (Å²) in [6.07, 6.45) is 0. The van der Waals surface area contributed by atoms with Gasteiger partial charge in [-0.1, -0.05) is 30.3 Å². The Labute approximate surface area is 119 Å². The van der Waals surface area contributed by atoms with Gasteiger partial charge in [0.1, 0.15) is 4.70 Å². The van der Waals surface area contributed by atoms with Gasteiger partial charge in [-0.3, -0.25) is 13.9 Å².